The lowest BCUT2D eigenvalue weighted by molar-refractivity contribution is 0.108. The second-order valence-corrected chi connectivity index (χ2v) is 8.73. The van der Waals surface area contributed by atoms with Crippen molar-refractivity contribution in [3.63, 3.8) is 0 Å². The Kier molecular flexibility index (Phi) is 6.39. The van der Waals surface area contributed by atoms with Gasteiger partial charge in [-0.15, -0.1) is 0 Å². The molecule has 0 bridgehead atoms. The monoisotopic (exact) mass is 453 g/mol. The van der Waals surface area contributed by atoms with Crippen LogP contribution < -0.4 is 0 Å². The summed E-state index contributed by atoms with van der Waals surface area (Å²) in [5.74, 6) is 1.34. The van der Waals surface area contributed by atoms with Gasteiger partial charge in [0.05, 0.1) is 25.2 Å². The number of hydrogen-bond donors (Lipinski definition) is 0. The molecule has 10 heteroatoms. The number of hydrogen-bond acceptors (Lipinski definition) is 8. The molecule has 0 N–H and O–H groups in total. The maximum atomic E-state index is 13.2. The van der Waals surface area contributed by atoms with E-state index >= 15 is 0 Å². The van der Waals surface area contributed by atoms with Crippen molar-refractivity contribution in [1.82, 2.24) is 29.5 Å². The third kappa shape index (κ3) is 4.38. The number of allylic oxidation sites excluding steroid dienone is 1. The number of rotatable bonds is 7. The van der Waals surface area contributed by atoms with E-state index in [1.54, 1.807) is 19.1 Å². The van der Waals surface area contributed by atoms with Gasteiger partial charge >= 0.3 is 6.03 Å². The Hall–Kier alpha value is -2.82. The van der Waals surface area contributed by atoms with E-state index in [4.69, 9.17) is 14.5 Å². The zero-order valence-electron chi connectivity index (χ0n) is 19.3. The van der Waals surface area contributed by atoms with Crippen LogP contribution in [0.2, 0.25) is 0 Å². The standard InChI is InChI=1S/C23H31N7O3/c1-32-12-11-27-7-9-28(10-8-27)18-13-20-21(24-14-18)29(23(31)30-22(20)25-16-26-30)15-17-3-5-19(33-2)6-4-17/h3-5,14,16,19-20H,6-13,15H2,1-2H3. The molecule has 1 saturated heterocycles. The number of methoxy groups -OCH3 is 2. The average Bonchev–Trinajstić information content (AvgIpc) is 3.36. The predicted molar refractivity (Wildman–Crippen MR) is 123 cm³/mol. The fourth-order valence-electron chi connectivity index (χ4n) is 4.85. The maximum absolute atomic E-state index is 13.2. The van der Waals surface area contributed by atoms with E-state index in [1.165, 1.54) is 16.7 Å². The van der Waals surface area contributed by atoms with E-state index in [1.807, 2.05) is 18.4 Å². The number of ether oxygens (including phenoxy) is 2. The molecule has 0 radical (unpaired) electrons. The second-order valence-electron chi connectivity index (χ2n) is 8.73. The first kappa shape index (κ1) is 22.0. The van der Waals surface area contributed by atoms with Crippen LogP contribution in [0.4, 0.5) is 4.79 Å². The number of carbonyl (C=O) groups excluding carboxylic acids is 1. The highest BCUT2D eigenvalue weighted by Crippen LogP contribution is 2.35. The molecule has 0 aromatic carbocycles. The first-order valence-corrected chi connectivity index (χ1v) is 11.5. The minimum absolute atomic E-state index is 0.0865. The predicted octanol–water partition coefficient (Wildman–Crippen LogP) is 1.45. The molecule has 0 spiro atoms. The molecule has 2 atom stereocenters. The van der Waals surface area contributed by atoms with Crippen molar-refractivity contribution in [3.8, 4) is 0 Å². The molecule has 1 aromatic heterocycles. The molecule has 5 rings (SSSR count). The summed E-state index contributed by atoms with van der Waals surface area (Å²) in [6.07, 6.45) is 11.3. The van der Waals surface area contributed by atoms with Crippen LogP contribution in [0.25, 0.3) is 0 Å². The number of piperazine rings is 1. The smallest absolute Gasteiger partial charge is 0.352 e. The molecule has 10 nitrogen and oxygen atoms in total. The van der Waals surface area contributed by atoms with E-state index in [0.29, 0.717) is 12.4 Å². The van der Waals surface area contributed by atoms with Crippen LogP contribution >= 0.6 is 0 Å². The molecule has 2 unspecified atom stereocenters. The summed E-state index contributed by atoms with van der Waals surface area (Å²) in [5.41, 5.74) is 2.27. The highest BCUT2D eigenvalue weighted by Gasteiger charge is 2.41. The molecule has 1 aliphatic carbocycles. The summed E-state index contributed by atoms with van der Waals surface area (Å²) in [6, 6.07) is -0.204. The third-order valence-electron chi connectivity index (χ3n) is 6.82. The van der Waals surface area contributed by atoms with E-state index in [2.05, 4.69) is 26.0 Å². The summed E-state index contributed by atoms with van der Waals surface area (Å²) in [7, 11) is 3.45. The van der Waals surface area contributed by atoms with Gasteiger partial charge in [0, 0.05) is 65.3 Å². The van der Waals surface area contributed by atoms with Crippen LogP contribution in [0.15, 0.2) is 47.0 Å². The Labute approximate surface area is 193 Å². The molecular formula is C23H31N7O3. The van der Waals surface area contributed by atoms with E-state index in [9.17, 15) is 4.79 Å². The normalized spacial score (nSPS) is 25.4. The molecule has 1 amide bonds. The molecule has 1 aromatic rings. The van der Waals surface area contributed by atoms with Crippen molar-refractivity contribution >= 4 is 11.9 Å². The quantitative estimate of drug-likeness (QED) is 0.618. The summed E-state index contributed by atoms with van der Waals surface area (Å²) in [4.78, 5) is 29.0. The molecule has 33 heavy (non-hydrogen) atoms. The topological polar surface area (TPSA) is 88.3 Å². The first-order valence-electron chi connectivity index (χ1n) is 11.5. The van der Waals surface area contributed by atoms with Gasteiger partial charge in [0.1, 0.15) is 18.0 Å². The van der Waals surface area contributed by atoms with Crippen LogP contribution in [-0.2, 0) is 9.47 Å². The Balaban J connectivity index is 1.35. The highest BCUT2D eigenvalue weighted by molar-refractivity contribution is 6.05. The summed E-state index contributed by atoms with van der Waals surface area (Å²) < 4.78 is 12.0. The summed E-state index contributed by atoms with van der Waals surface area (Å²) >= 11 is 0. The van der Waals surface area contributed by atoms with Gasteiger partial charge in [0.15, 0.2) is 0 Å². The van der Waals surface area contributed by atoms with E-state index < -0.39 is 0 Å². The van der Waals surface area contributed by atoms with Gasteiger partial charge in [0.2, 0.25) is 0 Å². The molecule has 4 aliphatic rings. The number of carbonyl (C=O) groups is 1. The van der Waals surface area contributed by atoms with Gasteiger partial charge < -0.3 is 14.4 Å². The van der Waals surface area contributed by atoms with Crippen molar-refractivity contribution in [1.29, 1.82) is 0 Å². The minimum atomic E-state index is -0.204. The molecule has 1 fully saturated rings. The number of fused-ring (bicyclic) bond motifs is 3. The van der Waals surface area contributed by atoms with Crippen molar-refractivity contribution in [2.45, 2.75) is 24.9 Å². The lowest BCUT2D eigenvalue weighted by atomic mass is 9.94. The summed E-state index contributed by atoms with van der Waals surface area (Å²) in [5, 5.41) is 4.22. The average molecular weight is 454 g/mol. The van der Waals surface area contributed by atoms with Gasteiger partial charge in [0.25, 0.3) is 0 Å². The lowest BCUT2D eigenvalue weighted by Crippen LogP contribution is -2.51. The van der Waals surface area contributed by atoms with Crippen molar-refractivity contribution in [2.75, 3.05) is 60.1 Å². The van der Waals surface area contributed by atoms with Gasteiger partial charge in [-0.05, 0) is 12.0 Å². The number of nitrogens with zero attached hydrogens (tertiary/aromatic N) is 7. The number of amidine groups is 1. The highest BCUT2D eigenvalue weighted by atomic mass is 16.5. The second kappa shape index (κ2) is 9.58. The van der Waals surface area contributed by atoms with Crippen LogP contribution in [0, 0.1) is 0 Å². The van der Waals surface area contributed by atoms with E-state index in [-0.39, 0.29) is 18.1 Å². The zero-order chi connectivity index (χ0) is 22.8. The molecule has 0 saturated carbocycles. The number of amides is 1. The number of aromatic nitrogens is 3. The van der Waals surface area contributed by atoms with Crippen LogP contribution in [-0.4, -0.2) is 108 Å². The van der Waals surface area contributed by atoms with Gasteiger partial charge in [-0.2, -0.15) is 9.78 Å². The SMILES string of the molecule is COCCN1CCN(C2=CN=C3C(C2)c2ncnn2C(=O)N3CC2=CCC(OC)C=C2)CC1. The molecular weight excluding hydrogens is 422 g/mol. The largest absolute Gasteiger partial charge is 0.383 e. The fourth-order valence-corrected chi connectivity index (χ4v) is 4.85. The lowest BCUT2D eigenvalue weighted by Gasteiger charge is -2.41. The van der Waals surface area contributed by atoms with E-state index in [0.717, 1.165) is 63.6 Å². The van der Waals surface area contributed by atoms with Crippen LogP contribution in [0.3, 0.4) is 0 Å². The molecule has 176 valence electrons. The molecule has 3 aliphatic heterocycles. The minimum Gasteiger partial charge on any atom is -0.383 e. The Morgan fingerprint density at radius 1 is 1.18 bits per heavy atom. The third-order valence-corrected chi connectivity index (χ3v) is 6.82. The van der Waals surface area contributed by atoms with Gasteiger partial charge in [-0.3, -0.25) is 9.80 Å². The van der Waals surface area contributed by atoms with Crippen molar-refractivity contribution in [3.05, 3.63) is 47.8 Å². The number of aliphatic imine (C=N–C) groups is 1. The maximum Gasteiger partial charge on any atom is 0.352 e. The molecule has 4 heterocycles. The zero-order valence-corrected chi connectivity index (χ0v) is 19.3. The van der Waals surface area contributed by atoms with Gasteiger partial charge in [-0.1, -0.05) is 18.2 Å². The Morgan fingerprint density at radius 2 is 2.03 bits per heavy atom. The van der Waals surface area contributed by atoms with Crippen molar-refractivity contribution < 1.29 is 14.3 Å². The Morgan fingerprint density at radius 3 is 2.76 bits per heavy atom. The van der Waals surface area contributed by atoms with Crippen LogP contribution in [0.1, 0.15) is 24.6 Å². The fraction of sp³-hybridized carbons (Fsp3) is 0.565. The Bertz CT molecular complexity index is 1000. The van der Waals surface area contributed by atoms with Crippen LogP contribution in [0.5, 0.6) is 0 Å². The van der Waals surface area contributed by atoms with Crippen molar-refractivity contribution in [2.24, 2.45) is 4.99 Å². The summed E-state index contributed by atoms with van der Waals surface area (Å²) in [6.45, 7) is 6.11. The first-order chi connectivity index (χ1) is 16.2. The van der Waals surface area contributed by atoms with Gasteiger partial charge in [-0.25, -0.2) is 14.8 Å².